The molecule has 1 aliphatic heterocycles. The molecule has 26 heavy (non-hydrogen) atoms. The van der Waals surface area contributed by atoms with Crippen LogP contribution in [0.25, 0.3) is 0 Å². The highest BCUT2D eigenvalue weighted by molar-refractivity contribution is 6.14. The Labute approximate surface area is 152 Å². The molecule has 0 atom stereocenters. The van der Waals surface area contributed by atoms with Crippen molar-refractivity contribution < 1.29 is 23.8 Å². The fraction of sp³-hybridized carbons (Fsp3) is 0.300. The number of ether oxygens (including phenoxy) is 3. The molecule has 0 fully saturated rings. The summed E-state index contributed by atoms with van der Waals surface area (Å²) >= 11 is 0. The molecule has 136 valence electrons. The number of carbonyl (C=O) groups excluding carboxylic acids is 2. The summed E-state index contributed by atoms with van der Waals surface area (Å²) in [6.07, 6.45) is 0.298. The molecule has 6 heteroatoms. The number of carbonyl (C=O) groups is 2. The molecular weight excluding hydrogens is 334 g/mol. The number of nitrogens with zero attached hydrogens (tertiary/aromatic N) is 1. The zero-order valence-corrected chi connectivity index (χ0v) is 15.3. The first kappa shape index (κ1) is 17.8. The second-order valence-corrected chi connectivity index (χ2v) is 6.02. The van der Waals surface area contributed by atoms with Crippen molar-refractivity contribution in [3.63, 3.8) is 0 Å². The number of hydrogen-bond acceptors (Lipinski definition) is 5. The van der Waals surface area contributed by atoms with E-state index in [1.54, 1.807) is 23.1 Å². The SMILES string of the molecule is COc1cc(C(=O)N2CCC(=O)c3cccc(C)c32)cc(OC)c1OC. The second kappa shape index (κ2) is 7.07. The highest BCUT2D eigenvalue weighted by atomic mass is 16.5. The van der Waals surface area contributed by atoms with Crippen LogP contribution in [-0.4, -0.2) is 39.6 Å². The minimum atomic E-state index is -0.215. The molecule has 0 N–H and O–H groups in total. The summed E-state index contributed by atoms with van der Waals surface area (Å²) in [5.41, 5.74) is 2.54. The Morgan fingerprint density at radius 1 is 1.04 bits per heavy atom. The number of amides is 1. The molecule has 1 heterocycles. The van der Waals surface area contributed by atoms with Gasteiger partial charge in [-0.05, 0) is 30.7 Å². The number of fused-ring (bicyclic) bond motifs is 1. The van der Waals surface area contributed by atoms with Crippen LogP contribution < -0.4 is 19.1 Å². The smallest absolute Gasteiger partial charge is 0.258 e. The summed E-state index contributed by atoms with van der Waals surface area (Å²) < 4.78 is 16.0. The molecule has 6 nitrogen and oxygen atoms in total. The summed E-state index contributed by atoms with van der Waals surface area (Å²) in [5, 5.41) is 0. The lowest BCUT2D eigenvalue weighted by molar-refractivity contribution is 0.0954. The normalized spacial score (nSPS) is 13.2. The van der Waals surface area contributed by atoms with Gasteiger partial charge in [0.05, 0.1) is 27.0 Å². The lowest BCUT2D eigenvalue weighted by Gasteiger charge is -2.30. The van der Waals surface area contributed by atoms with Crippen molar-refractivity contribution in [3.8, 4) is 17.2 Å². The highest BCUT2D eigenvalue weighted by Gasteiger charge is 2.30. The van der Waals surface area contributed by atoms with Crippen molar-refractivity contribution in [2.24, 2.45) is 0 Å². The Balaban J connectivity index is 2.09. The molecule has 0 saturated heterocycles. The van der Waals surface area contributed by atoms with Crippen LogP contribution in [-0.2, 0) is 0 Å². The van der Waals surface area contributed by atoms with Gasteiger partial charge in [-0.15, -0.1) is 0 Å². The maximum Gasteiger partial charge on any atom is 0.258 e. The maximum absolute atomic E-state index is 13.2. The Kier molecular flexibility index (Phi) is 4.84. The first-order valence-corrected chi connectivity index (χ1v) is 8.26. The van der Waals surface area contributed by atoms with E-state index in [1.165, 1.54) is 21.3 Å². The van der Waals surface area contributed by atoms with E-state index in [-0.39, 0.29) is 11.7 Å². The van der Waals surface area contributed by atoms with Crippen LogP contribution in [0.2, 0.25) is 0 Å². The number of aryl methyl sites for hydroxylation is 1. The van der Waals surface area contributed by atoms with Crippen molar-refractivity contribution in [1.82, 2.24) is 0 Å². The average Bonchev–Trinajstić information content (AvgIpc) is 2.67. The predicted molar refractivity (Wildman–Crippen MR) is 97.9 cm³/mol. The van der Waals surface area contributed by atoms with Gasteiger partial charge in [0.2, 0.25) is 5.75 Å². The van der Waals surface area contributed by atoms with Gasteiger partial charge < -0.3 is 19.1 Å². The number of para-hydroxylation sites is 1. The number of anilines is 1. The van der Waals surface area contributed by atoms with Crippen LogP contribution in [0.3, 0.4) is 0 Å². The molecular formula is C20H21NO5. The van der Waals surface area contributed by atoms with Crippen molar-refractivity contribution >= 4 is 17.4 Å². The Hall–Kier alpha value is -3.02. The Bertz CT molecular complexity index is 849. The fourth-order valence-electron chi connectivity index (χ4n) is 3.27. The van der Waals surface area contributed by atoms with Gasteiger partial charge in [-0.3, -0.25) is 9.59 Å². The predicted octanol–water partition coefficient (Wildman–Crippen LogP) is 3.25. The van der Waals surface area contributed by atoms with Gasteiger partial charge in [0.1, 0.15) is 0 Å². The molecule has 2 aromatic rings. The quantitative estimate of drug-likeness (QED) is 0.842. The zero-order valence-electron chi connectivity index (χ0n) is 15.3. The maximum atomic E-state index is 13.2. The molecule has 0 aliphatic carbocycles. The van der Waals surface area contributed by atoms with E-state index in [4.69, 9.17) is 14.2 Å². The van der Waals surface area contributed by atoms with Gasteiger partial charge in [-0.2, -0.15) is 0 Å². The topological polar surface area (TPSA) is 65.1 Å². The number of ketones is 1. The van der Waals surface area contributed by atoms with Crippen LogP contribution in [0.1, 0.15) is 32.7 Å². The molecule has 0 radical (unpaired) electrons. The third-order valence-electron chi connectivity index (χ3n) is 4.53. The Morgan fingerprint density at radius 2 is 1.69 bits per heavy atom. The molecule has 0 bridgehead atoms. The van der Waals surface area contributed by atoms with Crippen molar-refractivity contribution in [2.45, 2.75) is 13.3 Å². The van der Waals surface area contributed by atoms with E-state index >= 15 is 0 Å². The molecule has 2 aromatic carbocycles. The van der Waals surface area contributed by atoms with E-state index in [0.717, 1.165) is 5.56 Å². The number of rotatable bonds is 4. The first-order valence-electron chi connectivity index (χ1n) is 8.26. The van der Waals surface area contributed by atoms with Crippen LogP contribution in [0.5, 0.6) is 17.2 Å². The van der Waals surface area contributed by atoms with Crippen molar-refractivity contribution in [3.05, 3.63) is 47.0 Å². The van der Waals surface area contributed by atoms with Gasteiger partial charge in [0.25, 0.3) is 5.91 Å². The standard InChI is InChI=1S/C20H21NO5/c1-12-6-5-7-14-15(22)8-9-21(18(12)14)20(23)13-10-16(24-2)19(26-4)17(11-13)25-3/h5-7,10-11H,8-9H2,1-4H3. The van der Waals surface area contributed by atoms with Crippen molar-refractivity contribution in [2.75, 3.05) is 32.8 Å². The third-order valence-corrected chi connectivity index (χ3v) is 4.53. The molecule has 0 aromatic heterocycles. The molecule has 1 amide bonds. The van der Waals surface area contributed by atoms with Crippen molar-refractivity contribution in [1.29, 1.82) is 0 Å². The second-order valence-electron chi connectivity index (χ2n) is 6.02. The summed E-state index contributed by atoms with van der Waals surface area (Å²) in [6.45, 7) is 2.24. The summed E-state index contributed by atoms with van der Waals surface area (Å²) in [6, 6.07) is 8.74. The average molecular weight is 355 g/mol. The zero-order chi connectivity index (χ0) is 18.8. The van der Waals surface area contributed by atoms with E-state index in [1.807, 2.05) is 19.1 Å². The monoisotopic (exact) mass is 355 g/mol. The summed E-state index contributed by atoms with van der Waals surface area (Å²) in [5.74, 6) is 1.09. The summed E-state index contributed by atoms with van der Waals surface area (Å²) in [7, 11) is 4.52. The molecule has 0 spiro atoms. The third kappa shape index (κ3) is 2.87. The van der Waals surface area contributed by atoms with E-state index in [2.05, 4.69) is 0 Å². The highest BCUT2D eigenvalue weighted by Crippen LogP contribution is 2.39. The van der Waals surface area contributed by atoms with Crippen LogP contribution in [0, 0.1) is 6.92 Å². The van der Waals surface area contributed by atoms with Gasteiger partial charge >= 0.3 is 0 Å². The number of hydrogen-bond donors (Lipinski definition) is 0. The van der Waals surface area contributed by atoms with Crippen LogP contribution in [0.4, 0.5) is 5.69 Å². The lowest BCUT2D eigenvalue weighted by Crippen LogP contribution is -2.38. The van der Waals surface area contributed by atoms with Crippen LogP contribution >= 0.6 is 0 Å². The largest absolute Gasteiger partial charge is 0.493 e. The van der Waals surface area contributed by atoms with Gasteiger partial charge in [0, 0.05) is 24.1 Å². The van der Waals surface area contributed by atoms with E-state index in [9.17, 15) is 9.59 Å². The first-order chi connectivity index (χ1) is 12.5. The van der Waals surface area contributed by atoms with E-state index in [0.29, 0.717) is 47.0 Å². The lowest BCUT2D eigenvalue weighted by atomic mass is 9.96. The summed E-state index contributed by atoms with van der Waals surface area (Å²) in [4.78, 5) is 27.1. The molecule has 0 unspecified atom stereocenters. The fourth-order valence-corrected chi connectivity index (χ4v) is 3.27. The Morgan fingerprint density at radius 3 is 2.27 bits per heavy atom. The number of methoxy groups -OCH3 is 3. The van der Waals surface area contributed by atoms with Crippen LogP contribution in [0.15, 0.2) is 30.3 Å². The van der Waals surface area contributed by atoms with Gasteiger partial charge in [0.15, 0.2) is 17.3 Å². The molecule has 0 saturated carbocycles. The minimum Gasteiger partial charge on any atom is -0.493 e. The number of Topliss-reactive ketones (excluding diaryl/α,β-unsaturated/α-hetero) is 1. The van der Waals surface area contributed by atoms with Gasteiger partial charge in [-0.1, -0.05) is 12.1 Å². The molecule has 1 aliphatic rings. The minimum absolute atomic E-state index is 0.0534. The molecule has 3 rings (SSSR count). The number of benzene rings is 2. The van der Waals surface area contributed by atoms with Gasteiger partial charge in [-0.25, -0.2) is 0 Å². The van der Waals surface area contributed by atoms with E-state index < -0.39 is 0 Å².